The van der Waals surface area contributed by atoms with E-state index < -0.39 is 0 Å². The Morgan fingerprint density at radius 3 is 2.44 bits per heavy atom. The van der Waals surface area contributed by atoms with Gasteiger partial charge < -0.3 is 19.6 Å². The normalized spacial score (nSPS) is 20.8. The van der Waals surface area contributed by atoms with E-state index in [0.717, 1.165) is 56.7 Å². The molecule has 0 radical (unpaired) electrons. The molecule has 2 saturated heterocycles. The summed E-state index contributed by atoms with van der Waals surface area (Å²) in [4.78, 5) is 35.0. The number of aryl methyl sites for hydroxylation is 1. The second-order valence-electron chi connectivity index (χ2n) is 9.11. The molecule has 32 heavy (non-hydrogen) atoms. The Balaban J connectivity index is 1.33. The van der Waals surface area contributed by atoms with E-state index >= 15 is 0 Å². The topological polar surface area (TPSA) is 47.1 Å². The Labute approximate surface area is 190 Å². The molecular weight excluding hydrogens is 400 g/mol. The molecule has 2 aromatic rings. The fourth-order valence-electron chi connectivity index (χ4n) is 5.36. The second-order valence-corrected chi connectivity index (χ2v) is 9.11. The number of carbonyl (C=O) groups is 2. The average molecular weight is 433 g/mol. The van der Waals surface area contributed by atoms with E-state index in [0.29, 0.717) is 18.7 Å². The minimum atomic E-state index is 0.0610. The number of benzene rings is 2. The van der Waals surface area contributed by atoms with Crippen molar-refractivity contribution >= 4 is 23.2 Å². The molecule has 6 nitrogen and oxygen atoms in total. The molecule has 3 aliphatic rings. The zero-order valence-electron chi connectivity index (χ0n) is 19.1. The Morgan fingerprint density at radius 1 is 0.969 bits per heavy atom. The van der Waals surface area contributed by atoms with Gasteiger partial charge >= 0.3 is 0 Å². The van der Waals surface area contributed by atoms with Crippen LogP contribution in [0.25, 0.3) is 0 Å². The number of nitrogens with zero attached hydrogens (tertiary/aromatic N) is 4. The highest BCUT2D eigenvalue weighted by atomic mass is 16.2. The van der Waals surface area contributed by atoms with Crippen molar-refractivity contribution in [3.8, 4) is 0 Å². The van der Waals surface area contributed by atoms with Crippen LogP contribution < -0.4 is 9.80 Å². The number of anilines is 2. The van der Waals surface area contributed by atoms with Gasteiger partial charge in [-0.1, -0.05) is 17.7 Å². The van der Waals surface area contributed by atoms with Crippen molar-refractivity contribution < 1.29 is 9.59 Å². The monoisotopic (exact) mass is 432 g/mol. The van der Waals surface area contributed by atoms with Crippen LogP contribution in [0.2, 0.25) is 0 Å². The SMILES string of the molecule is CCN1c2cc(C(=O)N3CCN(c4ccc(C)cc4)CC3)ccc2C(=O)N2CCCCC21. The number of piperazine rings is 1. The van der Waals surface area contributed by atoms with Crippen LogP contribution in [0, 0.1) is 6.92 Å². The minimum Gasteiger partial charge on any atom is -0.368 e. The molecule has 0 bridgehead atoms. The predicted molar refractivity (Wildman–Crippen MR) is 127 cm³/mol. The Bertz CT molecular complexity index is 1010. The third-order valence-corrected chi connectivity index (χ3v) is 7.18. The summed E-state index contributed by atoms with van der Waals surface area (Å²) in [5, 5.41) is 0. The van der Waals surface area contributed by atoms with E-state index in [4.69, 9.17) is 0 Å². The van der Waals surface area contributed by atoms with E-state index in [1.165, 1.54) is 11.3 Å². The standard InChI is InChI=1S/C26H32N4O2/c1-3-29-23-18-20(9-12-22(23)26(32)30-13-5-4-6-24(29)30)25(31)28-16-14-27(15-17-28)21-10-7-19(2)8-11-21/h7-12,18,24H,3-6,13-17H2,1-2H3. The molecule has 6 heteroatoms. The predicted octanol–water partition coefficient (Wildman–Crippen LogP) is 3.75. The van der Waals surface area contributed by atoms with Crippen molar-refractivity contribution in [1.82, 2.24) is 9.80 Å². The molecule has 2 aromatic carbocycles. The first-order valence-corrected chi connectivity index (χ1v) is 11.9. The Hall–Kier alpha value is -3.02. The van der Waals surface area contributed by atoms with Gasteiger partial charge in [0.05, 0.1) is 11.3 Å². The number of hydrogen-bond donors (Lipinski definition) is 0. The average Bonchev–Trinajstić information content (AvgIpc) is 2.84. The van der Waals surface area contributed by atoms with Gasteiger partial charge in [0.2, 0.25) is 0 Å². The molecule has 168 valence electrons. The second kappa shape index (κ2) is 8.49. The first-order valence-electron chi connectivity index (χ1n) is 11.9. The molecule has 1 unspecified atom stereocenters. The summed E-state index contributed by atoms with van der Waals surface area (Å²) < 4.78 is 0. The van der Waals surface area contributed by atoms with Crippen LogP contribution in [-0.4, -0.2) is 67.0 Å². The summed E-state index contributed by atoms with van der Waals surface area (Å²) in [6, 6.07) is 14.2. The van der Waals surface area contributed by atoms with E-state index in [1.807, 2.05) is 28.0 Å². The summed E-state index contributed by atoms with van der Waals surface area (Å²) in [5.74, 6) is 0.172. The van der Waals surface area contributed by atoms with Gasteiger partial charge in [0.25, 0.3) is 11.8 Å². The van der Waals surface area contributed by atoms with Gasteiger partial charge in [0, 0.05) is 50.5 Å². The molecule has 0 aromatic heterocycles. The molecule has 2 fully saturated rings. The highest BCUT2D eigenvalue weighted by molar-refractivity contribution is 6.04. The number of piperidine rings is 1. The molecule has 0 N–H and O–H groups in total. The highest BCUT2D eigenvalue weighted by Crippen LogP contribution is 2.36. The summed E-state index contributed by atoms with van der Waals surface area (Å²) >= 11 is 0. The van der Waals surface area contributed by atoms with E-state index in [9.17, 15) is 9.59 Å². The van der Waals surface area contributed by atoms with E-state index in [1.54, 1.807) is 0 Å². The Kier molecular flexibility index (Phi) is 5.53. The van der Waals surface area contributed by atoms with Gasteiger partial charge in [0.15, 0.2) is 0 Å². The maximum atomic E-state index is 13.3. The quantitative estimate of drug-likeness (QED) is 0.741. The van der Waals surface area contributed by atoms with Gasteiger partial charge in [-0.3, -0.25) is 9.59 Å². The fraction of sp³-hybridized carbons (Fsp3) is 0.462. The lowest BCUT2D eigenvalue weighted by molar-refractivity contribution is 0.0581. The third kappa shape index (κ3) is 3.61. The molecule has 0 spiro atoms. The lowest BCUT2D eigenvalue weighted by Gasteiger charge is -2.47. The number of rotatable bonds is 3. The largest absolute Gasteiger partial charge is 0.368 e. The summed E-state index contributed by atoms with van der Waals surface area (Å²) in [7, 11) is 0. The molecule has 5 rings (SSSR count). The van der Waals surface area contributed by atoms with E-state index in [2.05, 4.69) is 47.9 Å². The Morgan fingerprint density at radius 2 is 1.72 bits per heavy atom. The van der Waals surface area contributed by atoms with Crippen LogP contribution in [0.5, 0.6) is 0 Å². The van der Waals surface area contributed by atoms with Crippen molar-refractivity contribution in [2.24, 2.45) is 0 Å². The lowest BCUT2D eigenvalue weighted by Crippen LogP contribution is -2.57. The van der Waals surface area contributed by atoms with Crippen LogP contribution >= 0.6 is 0 Å². The molecule has 3 aliphatic heterocycles. The van der Waals surface area contributed by atoms with Crippen molar-refractivity contribution in [2.45, 2.75) is 39.3 Å². The fourth-order valence-corrected chi connectivity index (χ4v) is 5.36. The summed E-state index contributed by atoms with van der Waals surface area (Å²) in [6.07, 6.45) is 3.33. The van der Waals surface area contributed by atoms with Crippen LogP contribution in [0.3, 0.4) is 0 Å². The number of hydrogen-bond acceptors (Lipinski definition) is 4. The number of amides is 2. The lowest BCUT2D eigenvalue weighted by atomic mass is 9.97. The zero-order valence-corrected chi connectivity index (χ0v) is 19.1. The summed E-state index contributed by atoms with van der Waals surface area (Å²) in [6.45, 7) is 8.95. The molecular formula is C26H32N4O2. The zero-order chi connectivity index (χ0) is 22.2. The maximum Gasteiger partial charge on any atom is 0.257 e. The van der Waals surface area contributed by atoms with Gasteiger partial charge in [-0.25, -0.2) is 0 Å². The third-order valence-electron chi connectivity index (χ3n) is 7.18. The van der Waals surface area contributed by atoms with Gasteiger partial charge in [-0.05, 0) is 63.4 Å². The van der Waals surface area contributed by atoms with Crippen LogP contribution in [0.1, 0.15) is 52.5 Å². The minimum absolute atomic E-state index is 0.0610. The first kappa shape index (κ1) is 20.9. The van der Waals surface area contributed by atoms with E-state index in [-0.39, 0.29) is 18.0 Å². The summed E-state index contributed by atoms with van der Waals surface area (Å²) in [5.41, 5.74) is 4.80. The van der Waals surface area contributed by atoms with Crippen molar-refractivity contribution in [3.05, 3.63) is 59.2 Å². The molecule has 2 amide bonds. The molecule has 1 atom stereocenters. The van der Waals surface area contributed by atoms with Crippen LogP contribution in [0.4, 0.5) is 11.4 Å². The smallest absolute Gasteiger partial charge is 0.257 e. The molecule has 0 aliphatic carbocycles. The van der Waals surface area contributed by atoms with Crippen LogP contribution in [0.15, 0.2) is 42.5 Å². The van der Waals surface area contributed by atoms with Gasteiger partial charge in [0.1, 0.15) is 6.17 Å². The highest BCUT2D eigenvalue weighted by Gasteiger charge is 2.38. The van der Waals surface area contributed by atoms with Gasteiger partial charge in [-0.2, -0.15) is 0 Å². The van der Waals surface area contributed by atoms with Crippen molar-refractivity contribution in [3.63, 3.8) is 0 Å². The number of carbonyl (C=O) groups excluding carboxylic acids is 2. The maximum absolute atomic E-state index is 13.3. The van der Waals surface area contributed by atoms with Crippen LogP contribution in [-0.2, 0) is 0 Å². The van der Waals surface area contributed by atoms with Crippen molar-refractivity contribution in [2.75, 3.05) is 49.1 Å². The van der Waals surface area contributed by atoms with Gasteiger partial charge in [-0.15, -0.1) is 0 Å². The molecule has 0 saturated carbocycles. The van der Waals surface area contributed by atoms with Crippen molar-refractivity contribution in [1.29, 1.82) is 0 Å². The first-order chi connectivity index (χ1) is 15.6. The molecule has 3 heterocycles. The number of fused-ring (bicyclic) bond motifs is 2.